The molecule has 1 heterocycles. The van der Waals surface area contributed by atoms with Crippen LogP contribution in [0.15, 0.2) is 24.3 Å². The van der Waals surface area contributed by atoms with E-state index in [0.717, 1.165) is 30.9 Å². The molecule has 1 fully saturated rings. The average Bonchev–Trinajstić information content (AvgIpc) is 2.43. The summed E-state index contributed by atoms with van der Waals surface area (Å²) in [6, 6.07) is 7.63. The van der Waals surface area contributed by atoms with Gasteiger partial charge in [-0.15, -0.1) is 0 Å². The second-order valence-corrected chi connectivity index (χ2v) is 6.05. The molecule has 1 aliphatic rings. The number of carbonyl (C=O) groups is 1. The van der Waals surface area contributed by atoms with Gasteiger partial charge in [0.1, 0.15) is 6.04 Å². The van der Waals surface area contributed by atoms with Crippen LogP contribution in [0.4, 0.5) is 5.69 Å². The Balaban J connectivity index is 2.21. The standard InChI is InChI=1S/C16H25N3O2/c1-12-11-19(10-9-18(12)4)15(16(20)21)13-5-7-14(8-6-13)17(2)3/h5-8,12,15H,9-11H2,1-4H3,(H,20,21). The van der Waals surface area contributed by atoms with Gasteiger partial charge in [-0.2, -0.15) is 0 Å². The molecule has 0 aliphatic carbocycles. The minimum Gasteiger partial charge on any atom is -0.480 e. The Kier molecular flexibility index (Phi) is 4.85. The highest BCUT2D eigenvalue weighted by molar-refractivity contribution is 5.76. The largest absolute Gasteiger partial charge is 0.480 e. The summed E-state index contributed by atoms with van der Waals surface area (Å²) in [6.07, 6.45) is 0. The Morgan fingerprint density at radius 3 is 2.38 bits per heavy atom. The Morgan fingerprint density at radius 1 is 1.29 bits per heavy atom. The van der Waals surface area contributed by atoms with E-state index in [0.29, 0.717) is 6.04 Å². The number of rotatable bonds is 4. The number of carboxylic acids is 1. The van der Waals surface area contributed by atoms with Crippen LogP contribution in [0.1, 0.15) is 18.5 Å². The number of aliphatic carboxylic acids is 1. The average molecular weight is 291 g/mol. The van der Waals surface area contributed by atoms with Gasteiger partial charge in [0, 0.05) is 45.5 Å². The fraction of sp³-hybridized carbons (Fsp3) is 0.562. The minimum absolute atomic E-state index is 0.377. The molecule has 2 rings (SSSR count). The van der Waals surface area contributed by atoms with Gasteiger partial charge < -0.3 is 14.9 Å². The molecule has 0 amide bonds. The highest BCUT2D eigenvalue weighted by Crippen LogP contribution is 2.25. The first-order valence-corrected chi connectivity index (χ1v) is 7.34. The SMILES string of the molecule is CC1CN(C(C(=O)O)c2ccc(N(C)C)cc2)CCN1C. The van der Waals surface area contributed by atoms with E-state index in [2.05, 4.69) is 23.8 Å². The zero-order valence-corrected chi connectivity index (χ0v) is 13.3. The Labute approximate surface area is 126 Å². The lowest BCUT2D eigenvalue weighted by Crippen LogP contribution is -2.52. The van der Waals surface area contributed by atoms with Gasteiger partial charge >= 0.3 is 5.97 Å². The quantitative estimate of drug-likeness (QED) is 0.911. The first-order valence-electron chi connectivity index (χ1n) is 7.34. The lowest BCUT2D eigenvalue weighted by Gasteiger charge is -2.40. The summed E-state index contributed by atoms with van der Waals surface area (Å²) < 4.78 is 0. The van der Waals surface area contributed by atoms with Crippen molar-refractivity contribution in [1.29, 1.82) is 0 Å². The Hall–Kier alpha value is -1.59. The summed E-state index contributed by atoms with van der Waals surface area (Å²) in [6.45, 7) is 4.61. The van der Waals surface area contributed by atoms with Crippen LogP contribution in [-0.2, 0) is 4.79 Å². The number of benzene rings is 1. The predicted octanol–water partition coefficient (Wildman–Crippen LogP) is 1.51. The zero-order chi connectivity index (χ0) is 15.6. The Morgan fingerprint density at radius 2 is 1.90 bits per heavy atom. The van der Waals surface area contributed by atoms with Gasteiger partial charge in [-0.25, -0.2) is 0 Å². The first-order chi connectivity index (χ1) is 9.90. The molecule has 5 nitrogen and oxygen atoms in total. The summed E-state index contributed by atoms with van der Waals surface area (Å²) in [5.74, 6) is -0.774. The van der Waals surface area contributed by atoms with Gasteiger partial charge in [0.2, 0.25) is 0 Å². The summed E-state index contributed by atoms with van der Waals surface area (Å²) in [5.41, 5.74) is 1.93. The normalized spacial score (nSPS) is 22.0. The van der Waals surface area contributed by atoms with Crippen molar-refractivity contribution in [2.75, 3.05) is 45.7 Å². The smallest absolute Gasteiger partial charge is 0.325 e. The van der Waals surface area contributed by atoms with Crippen LogP contribution < -0.4 is 4.90 Å². The highest BCUT2D eigenvalue weighted by atomic mass is 16.4. The van der Waals surface area contributed by atoms with E-state index in [1.54, 1.807) is 0 Å². The molecule has 116 valence electrons. The number of nitrogens with zero attached hydrogens (tertiary/aromatic N) is 3. The van der Waals surface area contributed by atoms with E-state index in [1.807, 2.05) is 43.3 Å². The van der Waals surface area contributed by atoms with Gasteiger partial charge in [0.15, 0.2) is 0 Å². The predicted molar refractivity (Wildman–Crippen MR) is 84.8 cm³/mol. The number of anilines is 1. The van der Waals surface area contributed by atoms with Crippen molar-refractivity contribution in [3.05, 3.63) is 29.8 Å². The van der Waals surface area contributed by atoms with E-state index in [9.17, 15) is 9.90 Å². The molecule has 0 aromatic heterocycles. The molecule has 0 saturated carbocycles. The van der Waals surface area contributed by atoms with Crippen molar-refractivity contribution in [2.24, 2.45) is 0 Å². The van der Waals surface area contributed by atoms with Crippen molar-refractivity contribution in [2.45, 2.75) is 19.0 Å². The lowest BCUT2D eigenvalue weighted by atomic mass is 10.0. The Bertz CT molecular complexity index is 487. The first kappa shape index (κ1) is 15.8. The maximum absolute atomic E-state index is 11.7. The summed E-state index contributed by atoms with van der Waals surface area (Å²) in [7, 11) is 6.04. The van der Waals surface area contributed by atoms with Crippen LogP contribution in [0.5, 0.6) is 0 Å². The second-order valence-electron chi connectivity index (χ2n) is 6.05. The van der Waals surface area contributed by atoms with Crippen LogP contribution in [0.3, 0.4) is 0 Å². The molecule has 1 aromatic carbocycles. The topological polar surface area (TPSA) is 47.0 Å². The molecule has 1 aromatic rings. The number of piperazine rings is 1. The summed E-state index contributed by atoms with van der Waals surface area (Å²) >= 11 is 0. The second kappa shape index (κ2) is 6.45. The van der Waals surface area contributed by atoms with E-state index < -0.39 is 12.0 Å². The number of carboxylic acid groups (broad SMARTS) is 1. The van der Waals surface area contributed by atoms with E-state index in [-0.39, 0.29) is 0 Å². The van der Waals surface area contributed by atoms with Crippen molar-refractivity contribution in [1.82, 2.24) is 9.80 Å². The third-order valence-electron chi connectivity index (χ3n) is 4.32. The van der Waals surface area contributed by atoms with Gasteiger partial charge in [0.25, 0.3) is 0 Å². The summed E-state index contributed by atoms with van der Waals surface area (Å²) in [4.78, 5) is 18.1. The van der Waals surface area contributed by atoms with Crippen LogP contribution in [0, 0.1) is 0 Å². The maximum Gasteiger partial charge on any atom is 0.325 e. The molecule has 1 N–H and O–H groups in total. The van der Waals surface area contributed by atoms with Gasteiger partial charge in [-0.1, -0.05) is 12.1 Å². The number of likely N-dealkylation sites (N-methyl/N-ethyl adjacent to an activating group) is 1. The molecule has 2 atom stereocenters. The third-order valence-corrected chi connectivity index (χ3v) is 4.32. The lowest BCUT2D eigenvalue weighted by molar-refractivity contribution is -0.144. The third kappa shape index (κ3) is 3.54. The molecule has 21 heavy (non-hydrogen) atoms. The van der Waals surface area contributed by atoms with Crippen molar-refractivity contribution in [3.8, 4) is 0 Å². The van der Waals surface area contributed by atoms with Crippen molar-refractivity contribution >= 4 is 11.7 Å². The van der Waals surface area contributed by atoms with E-state index in [1.165, 1.54) is 0 Å². The molecular formula is C16H25N3O2. The fourth-order valence-electron chi connectivity index (χ4n) is 2.78. The maximum atomic E-state index is 11.7. The van der Waals surface area contributed by atoms with Crippen molar-refractivity contribution in [3.63, 3.8) is 0 Å². The van der Waals surface area contributed by atoms with Crippen LogP contribution in [0.25, 0.3) is 0 Å². The van der Waals surface area contributed by atoms with Crippen molar-refractivity contribution < 1.29 is 9.90 Å². The minimum atomic E-state index is -0.774. The molecule has 1 aliphatic heterocycles. The monoisotopic (exact) mass is 291 g/mol. The fourth-order valence-corrected chi connectivity index (χ4v) is 2.78. The van der Waals surface area contributed by atoms with Crippen LogP contribution in [-0.4, -0.2) is 67.7 Å². The highest BCUT2D eigenvalue weighted by Gasteiger charge is 2.32. The molecule has 0 radical (unpaired) electrons. The summed E-state index contributed by atoms with van der Waals surface area (Å²) in [5, 5.41) is 9.64. The molecule has 0 spiro atoms. The molecular weight excluding hydrogens is 266 g/mol. The van der Waals surface area contributed by atoms with Gasteiger partial charge in [-0.05, 0) is 31.7 Å². The number of hydrogen-bond acceptors (Lipinski definition) is 4. The van der Waals surface area contributed by atoms with E-state index in [4.69, 9.17) is 0 Å². The van der Waals surface area contributed by atoms with Gasteiger partial charge in [-0.3, -0.25) is 9.69 Å². The van der Waals surface area contributed by atoms with Gasteiger partial charge in [0.05, 0.1) is 0 Å². The van der Waals surface area contributed by atoms with E-state index >= 15 is 0 Å². The van der Waals surface area contributed by atoms with Crippen LogP contribution >= 0.6 is 0 Å². The zero-order valence-electron chi connectivity index (χ0n) is 13.3. The molecule has 2 unspecified atom stereocenters. The number of hydrogen-bond donors (Lipinski definition) is 1. The molecule has 5 heteroatoms. The molecule has 1 saturated heterocycles. The van der Waals surface area contributed by atoms with Crippen LogP contribution in [0.2, 0.25) is 0 Å². The molecule has 0 bridgehead atoms.